The Morgan fingerprint density at radius 3 is 2.83 bits per heavy atom. The fraction of sp³-hybridized carbons (Fsp3) is 0.476. The summed E-state index contributed by atoms with van der Waals surface area (Å²) in [5, 5.41) is 15.1. The monoisotopic (exact) mass is 527 g/mol. The van der Waals surface area contributed by atoms with Gasteiger partial charge in [-0.15, -0.1) is 40.8 Å². The van der Waals surface area contributed by atoms with E-state index in [2.05, 4.69) is 37.3 Å². The zero-order valence-corrected chi connectivity index (χ0v) is 20.2. The van der Waals surface area contributed by atoms with E-state index in [-0.39, 0.29) is 35.8 Å². The average Bonchev–Trinajstić information content (AvgIpc) is 3.02. The molecule has 2 aromatic rings. The van der Waals surface area contributed by atoms with Gasteiger partial charge in [-0.25, -0.2) is 9.38 Å². The molecule has 0 amide bonds. The highest BCUT2D eigenvalue weighted by Crippen LogP contribution is 2.24. The van der Waals surface area contributed by atoms with Crippen LogP contribution in [0.25, 0.3) is 0 Å². The van der Waals surface area contributed by atoms with E-state index in [0.29, 0.717) is 13.1 Å². The van der Waals surface area contributed by atoms with Gasteiger partial charge in [0.1, 0.15) is 18.2 Å². The Morgan fingerprint density at radius 2 is 2.17 bits per heavy atom. The molecule has 1 unspecified atom stereocenters. The van der Waals surface area contributed by atoms with Gasteiger partial charge in [0, 0.05) is 38.4 Å². The molecule has 0 saturated carbocycles. The number of rotatable bonds is 6. The van der Waals surface area contributed by atoms with Gasteiger partial charge in [0.05, 0.1) is 0 Å². The van der Waals surface area contributed by atoms with Crippen LogP contribution >= 0.6 is 24.0 Å². The maximum absolute atomic E-state index is 13.5. The minimum Gasteiger partial charge on any atom is -0.369 e. The number of aromatic nitrogens is 3. The van der Waals surface area contributed by atoms with Crippen LogP contribution in [0.5, 0.6) is 0 Å². The number of anilines is 1. The third-order valence-corrected chi connectivity index (χ3v) is 5.24. The van der Waals surface area contributed by atoms with Crippen LogP contribution < -0.4 is 15.5 Å². The van der Waals surface area contributed by atoms with Crippen LogP contribution in [0.3, 0.4) is 0 Å². The molecule has 164 valence electrons. The first-order valence-corrected chi connectivity index (χ1v) is 9.99. The van der Waals surface area contributed by atoms with Crippen LogP contribution in [0.1, 0.15) is 30.1 Å². The summed E-state index contributed by atoms with van der Waals surface area (Å²) in [5.74, 6) is 2.21. The fourth-order valence-corrected chi connectivity index (χ4v) is 3.54. The predicted octanol–water partition coefficient (Wildman–Crippen LogP) is 3.08. The van der Waals surface area contributed by atoms with Gasteiger partial charge in [-0.3, -0.25) is 0 Å². The summed E-state index contributed by atoms with van der Waals surface area (Å²) >= 11 is 0. The van der Waals surface area contributed by atoms with Crippen LogP contribution in [-0.2, 0) is 13.6 Å². The van der Waals surface area contributed by atoms with Gasteiger partial charge in [0.15, 0.2) is 11.8 Å². The number of aryl methyl sites for hydroxylation is 2. The number of piperidine rings is 1. The lowest BCUT2D eigenvalue weighted by Gasteiger charge is -2.36. The standard InChI is InChI=1S/C21H30FN7.HI/c1-5-10-23-21(24-13-20-27-26-16(3)28(20)4)25-18-7-6-11-29(14-18)19-9-8-17(22)12-15(19)2;/h5,8-9,12,18H,1,6-7,10-11,13-14H2,2-4H3,(H2,23,24,25);1H. The van der Waals surface area contributed by atoms with E-state index in [9.17, 15) is 4.39 Å². The van der Waals surface area contributed by atoms with Crippen molar-refractivity contribution in [3.8, 4) is 0 Å². The molecule has 1 fully saturated rings. The summed E-state index contributed by atoms with van der Waals surface area (Å²) < 4.78 is 15.4. The van der Waals surface area contributed by atoms with Crippen molar-refractivity contribution in [3.05, 3.63) is 53.9 Å². The first kappa shape index (κ1) is 24.1. The second-order valence-electron chi connectivity index (χ2n) is 7.42. The normalized spacial score (nSPS) is 16.7. The summed E-state index contributed by atoms with van der Waals surface area (Å²) in [5.41, 5.74) is 2.05. The van der Waals surface area contributed by atoms with Crippen LogP contribution in [0.4, 0.5) is 10.1 Å². The summed E-state index contributed by atoms with van der Waals surface area (Å²) in [4.78, 5) is 6.99. The Hall–Kier alpha value is -2.17. The third kappa shape index (κ3) is 6.16. The topological polar surface area (TPSA) is 70.4 Å². The largest absolute Gasteiger partial charge is 0.369 e. The molecule has 7 nitrogen and oxygen atoms in total. The highest BCUT2D eigenvalue weighted by atomic mass is 127. The fourth-order valence-electron chi connectivity index (χ4n) is 3.54. The molecule has 3 rings (SSSR count). The lowest BCUT2D eigenvalue weighted by Crippen LogP contribution is -2.51. The molecule has 1 aliphatic rings. The van der Waals surface area contributed by atoms with Crippen molar-refractivity contribution in [2.75, 3.05) is 24.5 Å². The SMILES string of the molecule is C=CCNC(=NCc1nnc(C)n1C)NC1CCCN(c2ccc(F)cc2C)C1.I. The molecular weight excluding hydrogens is 496 g/mol. The summed E-state index contributed by atoms with van der Waals surface area (Å²) in [6.07, 6.45) is 3.92. The number of guanidine groups is 1. The van der Waals surface area contributed by atoms with Crippen LogP contribution in [0.2, 0.25) is 0 Å². The lowest BCUT2D eigenvalue weighted by atomic mass is 10.0. The minimum absolute atomic E-state index is 0. The highest BCUT2D eigenvalue weighted by molar-refractivity contribution is 14.0. The first-order chi connectivity index (χ1) is 14.0. The number of benzene rings is 1. The quantitative estimate of drug-likeness (QED) is 0.262. The smallest absolute Gasteiger partial charge is 0.192 e. The Labute approximate surface area is 194 Å². The number of nitrogens with zero attached hydrogens (tertiary/aromatic N) is 5. The Balaban J connectivity index is 0.00000320. The van der Waals surface area contributed by atoms with Crippen LogP contribution in [0.15, 0.2) is 35.8 Å². The predicted molar refractivity (Wildman–Crippen MR) is 130 cm³/mol. The van der Waals surface area contributed by atoms with Crippen LogP contribution in [0, 0.1) is 19.7 Å². The molecule has 0 spiro atoms. The number of aliphatic imine (C=N–C) groups is 1. The molecule has 0 aliphatic carbocycles. The average molecular weight is 527 g/mol. The second kappa shape index (κ2) is 11.3. The molecule has 2 heterocycles. The molecule has 9 heteroatoms. The molecule has 30 heavy (non-hydrogen) atoms. The second-order valence-corrected chi connectivity index (χ2v) is 7.42. The van der Waals surface area contributed by atoms with E-state index in [0.717, 1.165) is 54.8 Å². The van der Waals surface area contributed by atoms with Crippen LogP contribution in [-0.4, -0.2) is 46.4 Å². The zero-order chi connectivity index (χ0) is 20.8. The molecule has 0 bridgehead atoms. The Bertz CT molecular complexity index is 880. The Morgan fingerprint density at radius 1 is 1.37 bits per heavy atom. The summed E-state index contributed by atoms with van der Waals surface area (Å²) in [6, 6.07) is 5.23. The van der Waals surface area contributed by atoms with Crippen molar-refractivity contribution in [2.45, 2.75) is 39.3 Å². The van der Waals surface area contributed by atoms with Gasteiger partial charge in [-0.2, -0.15) is 0 Å². The van der Waals surface area contributed by atoms with Crippen molar-refractivity contribution in [3.63, 3.8) is 0 Å². The van der Waals surface area contributed by atoms with Gasteiger partial charge in [0.2, 0.25) is 0 Å². The maximum Gasteiger partial charge on any atom is 0.192 e. The molecule has 0 radical (unpaired) electrons. The zero-order valence-electron chi connectivity index (χ0n) is 17.9. The number of hydrogen-bond donors (Lipinski definition) is 2. The minimum atomic E-state index is -0.194. The van der Waals surface area contributed by atoms with E-state index in [1.54, 1.807) is 12.1 Å². The third-order valence-electron chi connectivity index (χ3n) is 5.24. The van der Waals surface area contributed by atoms with Gasteiger partial charge < -0.3 is 20.1 Å². The van der Waals surface area contributed by atoms with E-state index in [1.165, 1.54) is 6.07 Å². The van der Waals surface area contributed by atoms with E-state index in [4.69, 9.17) is 0 Å². The van der Waals surface area contributed by atoms with E-state index >= 15 is 0 Å². The molecule has 1 saturated heterocycles. The van der Waals surface area contributed by atoms with Crippen molar-refractivity contribution < 1.29 is 4.39 Å². The Kier molecular flexibility index (Phi) is 9.07. The number of hydrogen-bond acceptors (Lipinski definition) is 4. The highest BCUT2D eigenvalue weighted by Gasteiger charge is 2.22. The molecule has 1 aliphatic heterocycles. The van der Waals surface area contributed by atoms with E-state index in [1.807, 2.05) is 31.5 Å². The van der Waals surface area contributed by atoms with Gasteiger partial charge >= 0.3 is 0 Å². The first-order valence-electron chi connectivity index (χ1n) is 9.99. The molecule has 1 atom stereocenters. The van der Waals surface area contributed by atoms with Crippen molar-refractivity contribution in [1.29, 1.82) is 0 Å². The summed E-state index contributed by atoms with van der Waals surface area (Å²) in [7, 11) is 1.94. The number of nitrogens with one attached hydrogen (secondary N) is 2. The van der Waals surface area contributed by atoms with E-state index < -0.39 is 0 Å². The number of halogens is 2. The molecule has 1 aromatic carbocycles. The molecule has 2 N–H and O–H groups in total. The molecule has 1 aromatic heterocycles. The lowest BCUT2D eigenvalue weighted by molar-refractivity contribution is 0.467. The van der Waals surface area contributed by atoms with Gasteiger partial charge in [-0.05, 0) is 50.5 Å². The van der Waals surface area contributed by atoms with Crippen molar-refractivity contribution in [2.24, 2.45) is 12.0 Å². The van der Waals surface area contributed by atoms with Gasteiger partial charge in [0.25, 0.3) is 0 Å². The van der Waals surface area contributed by atoms with Crippen molar-refractivity contribution >= 4 is 35.6 Å². The van der Waals surface area contributed by atoms with Crippen molar-refractivity contribution in [1.82, 2.24) is 25.4 Å². The maximum atomic E-state index is 13.5. The molecular formula is C21H31FIN7. The summed E-state index contributed by atoms with van der Waals surface area (Å²) in [6.45, 7) is 10.5. The van der Waals surface area contributed by atoms with Gasteiger partial charge in [-0.1, -0.05) is 6.08 Å².